The molecule has 1 atom stereocenters. The smallest absolute Gasteiger partial charge is 0.190 e. The Morgan fingerprint density at radius 3 is 1.80 bits per heavy atom. The van der Waals surface area contributed by atoms with E-state index in [1.54, 1.807) is 60.7 Å². The van der Waals surface area contributed by atoms with Gasteiger partial charge >= 0.3 is 0 Å². The third-order valence-corrected chi connectivity index (χ3v) is 4.04. The van der Waals surface area contributed by atoms with Crippen molar-refractivity contribution in [3.8, 4) is 23.0 Å². The van der Waals surface area contributed by atoms with Gasteiger partial charge in [-0.3, -0.25) is 0 Å². The average molecular weight is 356 g/mol. The van der Waals surface area contributed by atoms with E-state index in [0.29, 0.717) is 28.6 Å². The van der Waals surface area contributed by atoms with Gasteiger partial charge in [0.1, 0.15) is 16.4 Å². The molecule has 3 aromatic rings. The molecule has 7 heteroatoms. The molecule has 0 saturated heterocycles. The predicted molar refractivity (Wildman–Crippen MR) is 97.3 cm³/mol. The molecule has 0 aliphatic rings. The topological polar surface area (TPSA) is 108 Å². The lowest BCUT2D eigenvalue weighted by Crippen LogP contribution is -1.98. The minimum Gasteiger partial charge on any atom is -0.453 e. The SMILES string of the molecule is Nc1ccc(Oc2cccc(S(=O)O)c2Oc2ccc(N)cc2)cc1. The fourth-order valence-electron chi connectivity index (χ4n) is 2.13. The van der Waals surface area contributed by atoms with Gasteiger partial charge in [0, 0.05) is 11.4 Å². The number of rotatable bonds is 5. The van der Waals surface area contributed by atoms with Crippen molar-refractivity contribution in [3.05, 3.63) is 66.7 Å². The highest BCUT2D eigenvalue weighted by atomic mass is 32.2. The third-order valence-electron chi connectivity index (χ3n) is 3.34. The normalized spacial score (nSPS) is 11.7. The molecule has 0 aliphatic carbocycles. The third kappa shape index (κ3) is 4.09. The minimum atomic E-state index is -2.24. The summed E-state index contributed by atoms with van der Waals surface area (Å²) in [4.78, 5) is 0.102. The van der Waals surface area contributed by atoms with Crippen LogP contribution in [0.25, 0.3) is 0 Å². The summed E-state index contributed by atoms with van der Waals surface area (Å²) in [6, 6.07) is 18.2. The van der Waals surface area contributed by atoms with Crippen molar-refractivity contribution in [2.75, 3.05) is 11.5 Å². The standard InChI is InChI=1S/C18H16N2O4S/c19-12-4-8-14(9-5-12)23-16-2-1-3-17(25(21)22)18(16)24-15-10-6-13(20)7-11-15/h1-11H,19-20H2,(H,21,22). The van der Waals surface area contributed by atoms with Crippen molar-refractivity contribution in [2.45, 2.75) is 4.90 Å². The van der Waals surface area contributed by atoms with Crippen LogP contribution in [0.4, 0.5) is 11.4 Å². The predicted octanol–water partition coefficient (Wildman–Crippen LogP) is 4.02. The molecule has 0 amide bonds. The van der Waals surface area contributed by atoms with Crippen molar-refractivity contribution in [2.24, 2.45) is 0 Å². The zero-order valence-corrected chi connectivity index (χ0v) is 13.9. The van der Waals surface area contributed by atoms with Crippen molar-refractivity contribution < 1.29 is 18.2 Å². The molecule has 1 unspecified atom stereocenters. The Balaban J connectivity index is 1.99. The monoisotopic (exact) mass is 356 g/mol. The molecule has 3 rings (SSSR count). The molecular weight excluding hydrogens is 340 g/mol. The quantitative estimate of drug-likeness (QED) is 0.471. The Morgan fingerprint density at radius 2 is 1.28 bits per heavy atom. The van der Waals surface area contributed by atoms with Crippen LogP contribution < -0.4 is 20.9 Å². The van der Waals surface area contributed by atoms with Gasteiger partial charge in [0.25, 0.3) is 0 Å². The van der Waals surface area contributed by atoms with Gasteiger partial charge in [0.2, 0.25) is 0 Å². The van der Waals surface area contributed by atoms with Crippen LogP contribution in [0.3, 0.4) is 0 Å². The molecular formula is C18H16N2O4S. The highest BCUT2D eigenvalue weighted by molar-refractivity contribution is 7.79. The molecule has 0 spiro atoms. The van der Waals surface area contributed by atoms with Gasteiger partial charge in [-0.2, -0.15) is 0 Å². The Kier molecular flexibility index (Phi) is 4.87. The van der Waals surface area contributed by atoms with E-state index in [9.17, 15) is 8.76 Å². The van der Waals surface area contributed by atoms with Gasteiger partial charge in [0.15, 0.2) is 22.6 Å². The molecule has 0 fully saturated rings. The maximum atomic E-state index is 11.7. The van der Waals surface area contributed by atoms with Crippen LogP contribution in [-0.2, 0) is 11.1 Å². The molecule has 0 saturated carbocycles. The van der Waals surface area contributed by atoms with Gasteiger partial charge in [-0.05, 0) is 60.7 Å². The van der Waals surface area contributed by atoms with Gasteiger partial charge in [-0.25, -0.2) is 4.21 Å². The molecule has 3 aromatic carbocycles. The Labute approximate surface area is 147 Å². The lowest BCUT2D eigenvalue weighted by atomic mass is 10.3. The van der Waals surface area contributed by atoms with Crippen LogP contribution >= 0.6 is 0 Å². The second kappa shape index (κ2) is 7.25. The molecule has 6 nitrogen and oxygen atoms in total. The zero-order valence-electron chi connectivity index (χ0n) is 13.1. The number of anilines is 2. The summed E-state index contributed by atoms with van der Waals surface area (Å²) in [7, 11) is 0. The number of hydrogen-bond acceptors (Lipinski definition) is 5. The van der Waals surface area contributed by atoms with Crippen LogP contribution in [0.1, 0.15) is 0 Å². The summed E-state index contributed by atoms with van der Waals surface area (Å²) in [5.41, 5.74) is 12.5. The largest absolute Gasteiger partial charge is 0.453 e. The second-order valence-corrected chi connectivity index (χ2v) is 6.11. The summed E-state index contributed by atoms with van der Waals surface area (Å²) < 4.78 is 32.8. The number of benzene rings is 3. The zero-order chi connectivity index (χ0) is 17.8. The van der Waals surface area contributed by atoms with Gasteiger partial charge in [-0.15, -0.1) is 0 Å². The lowest BCUT2D eigenvalue weighted by molar-refractivity contribution is 0.408. The van der Waals surface area contributed by atoms with Crippen molar-refractivity contribution in [1.82, 2.24) is 0 Å². The molecule has 0 radical (unpaired) electrons. The number of nitrogens with two attached hydrogens (primary N) is 2. The molecule has 0 aromatic heterocycles. The first-order chi connectivity index (χ1) is 12.0. The minimum absolute atomic E-state index is 0.102. The van der Waals surface area contributed by atoms with Crippen molar-refractivity contribution >= 4 is 22.5 Å². The van der Waals surface area contributed by atoms with Crippen LogP contribution in [0.5, 0.6) is 23.0 Å². The molecule has 5 N–H and O–H groups in total. The van der Waals surface area contributed by atoms with Gasteiger partial charge in [0.05, 0.1) is 0 Å². The molecule has 25 heavy (non-hydrogen) atoms. The molecule has 128 valence electrons. The summed E-state index contributed by atoms with van der Waals surface area (Å²) in [6.07, 6.45) is 0. The van der Waals surface area contributed by atoms with E-state index >= 15 is 0 Å². The first kappa shape index (κ1) is 16.8. The highest BCUT2D eigenvalue weighted by Crippen LogP contribution is 2.39. The van der Waals surface area contributed by atoms with E-state index in [2.05, 4.69) is 0 Å². The van der Waals surface area contributed by atoms with E-state index in [0.717, 1.165) is 0 Å². The molecule has 0 bridgehead atoms. The first-order valence-corrected chi connectivity index (χ1v) is 8.44. The average Bonchev–Trinajstić information content (AvgIpc) is 2.60. The van der Waals surface area contributed by atoms with E-state index in [-0.39, 0.29) is 10.6 Å². The van der Waals surface area contributed by atoms with Crippen LogP contribution in [0, 0.1) is 0 Å². The molecule has 0 aliphatic heterocycles. The summed E-state index contributed by atoms with van der Waals surface area (Å²) in [5.74, 6) is 1.46. The Bertz CT molecular complexity index is 896. The van der Waals surface area contributed by atoms with E-state index in [4.69, 9.17) is 20.9 Å². The van der Waals surface area contributed by atoms with Crippen LogP contribution in [0.2, 0.25) is 0 Å². The number of para-hydroxylation sites is 1. The fraction of sp³-hybridized carbons (Fsp3) is 0. The highest BCUT2D eigenvalue weighted by Gasteiger charge is 2.17. The van der Waals surface area contributed by atoms with Gasteiger partial charge in [-0.1, -0.05) is 6.07 Å². The first-order valence-electron chi connectivity index (χ1n) is 7.33. The Morgan fingerprint density at radius 1 is 0.760 bits per heavy atom. The Hall–Kier alpha value is -3.03. The fourth-order valence-corrected chi connectivity index (χ4v) is 2.63. The van der Waals surface area contributed by atoms with E-state index in [1.807, 2.05) is 0 Å². The van der Waals surface area contributed by atoms with Crippen LogP contribution in [-0.4, -0.2) is 8.76 Å². The van der Waals surface area contributed by atoms with Crippen LogP contribution in [0.15, 0.2) is 71.6 Å². The van der Waals surface area contributed by atoms with Crippen molar-refractivity contribution in [1.29, 1.82) is 0 Å². The summed E-state index contributed by atoms with van der Waals surface area (Å²) in [5, 5.41) is 0. The maximum absolute atomic E-state index is 11.7. The second-order valence-electron chi connectivity index (χ2n) is 5.17. The number of nitrogen functional groups attached to an aromatic ring is 2. The van der Waals surface area contributed by atoms with E-state index in [1.165, 1.54) is 6.07 Å². The number of ether oxygens (including phenoxy) is 2. The van der Waals surface area contributed by atoms with Crippen molar-refractivity contribution in [3.63, 3.8) is 0 Å². The van der Waals surface area contributed by atoms with Gasteiger partial charge < -0.3 is 25.5 Å². The molecule has 0 heterocycles. The van der Waals surface area contributed by atoms with E-state index < -0.39 is 11.1 Å². The lowest BCUT2D eigenvalue weighted by Gasteiger charge is -2.15. The maximum Gasteiger partial charge on any atom is 0.190 e. The number of hydrogen-bond donors (Lipinski definition) is 3. The summed E-state index contributed by atoms with van der Waals surface area (Å²) >= 11 is -2.24. The summed E-state index contributed by atoms with van der Waals surface area (Å²) in [6.45, 7) is 0.